The van der Waals surface area contributed by atoms with Crippen LogP contribution in [0, 0.1) is 5.92 Å². The number of unbranched alkanes of at least 4 members (excludes halogenated alkanes) is 1. The van der Waals surface area contributed by atoms with Crippen molar-refractivity contribution < 1.29 is 0 Å². The molecule has 0 aliphatic rings. The molecule has 0 saturated heterocycles. The second-order valence-corrected chi connectivity index (χ2v) is 5.44. The molecular weight excluding hydrogens is 234 g/mol. The number of nitrogen functional groups attached to an aromatic ring is 1. The van der Waals surface area contributed by atoms with Crippen molar-refractivity contribution in [2.75, 3.05) is 17.6 Å². The van der Waals surface area contributed by atoms with Crippen LogP contribution < -0.4 is 11.1 Å². The molecule has 102 valence electrons. The fraction of sp³-hybridized carbons (Fsp3) is 0.438. The van der Waals surface area contributed by atoms with E-state index < -0.39 is 0 Å². The van der Waals surface area contributed by atoms with Crippen molar-refractivity contribution in [3.05, 3.63) is 30.6 Å². The second-order valence-electron chi connectivity index (χ2n) is 5.44. The van der Waals surface area contributed by atoms with Crippen molar-refractivity contribution >= 4 is 22.1 Å². The molecule has 0 radical (unpaired) electrons. The third kappa shape index (κ3) is 3.60. The van der Waals surface area contributed by atoms with Crippen LogP contribution in [0.5, 0.6) is 0 Å². The number of benzene rings is 1. The van der Waals surface area contributed by atoms with Crippen LogP contribution in [0.25, 0.3) is 10.8 Å². The number of nitrogens with two attached hydrogens (primary N) is 1. The van der Waals surface area contributed by atoms with Gasteiger partial charge in [-0.2, -0.15) is 0 Å². The lowest BCUT2D eigenvalue weighted by molar-refractivity contribution is 0.545. The molecule has 0 aliphatic carbocycles. The van der Waals surface area contributed by atoms with Gasteiger partial charge in [0, 0.05) is 41.1 Å². The zero-order chi connectivity index (χ0) is 13.7. The van der Waals surface area contributed by atoms with Gasteiger partial charge >= 0.3 is 0 Å². The monoisotopic (exact) mass is 257 g/mol. The Kier molecular flexibility index (Phi) is 4.61. The van der Waals surface area contributed by atoms with Crippen LogP contribution in [0.15, 0.2) is 30.6 Å². The van der Waals surface area contributed by atoms with E-state index in [2.05, 4.69) is 24.1 Å². The Morgan fingerprint density at radius 1 is 1.16 bits per heavy atom. The molecule has 0 aliphatic heterocycles. The average Bonchev–Trinajstić information content (AvgIpc) is 2.41. The Morgan fingerprint density at radius 3 is 2.79 bits per heavy atom. The number of aromatic nitrogens is 1. The zero-order valence-electron chi connectivity index (χ0n) is 11.8. The van der Waals surface area contributed by atoms with Gasteiger partial charge in [0.15, 0.2) is 0 Å². The van der Waals surface area contributed by atoms with Gasteiger partial charge in [0.1, 0.15) is 0 Å². The minimum atomic E-state index is 0.793. The van der Waals surface area contributed by atoms with Gasteiger partial charge in [-0.05, 0) is 30.5 Å². The topological polar surface area (TPSA) is 50.9 Å². The number of nitrogens with zero attached hydrogens (tertiary/aromatic N) is 1. The van der Waals surface area contributed by atoms with Gasteiger partial charge in [-0.25, -0.2) is 0 Å². The predicted octanol–water partition coefficient (Wildman–Crippen LogP) is 4.06. The molecule has 3 nitrogen and oxygen atoms in total. The van der Waals surface area contributed by atoms with E-state index in [0.29, 0.717) is 0 Å². The van der Waals surface area contributed by atoms with Crippen LogP contribution in [0.2, 0.25) is 0 Å². The summed E-state index contributed by atoms with van der Waals surface area (Å²) in [5.74, 6) is 0.793. The summed E-state index contributed by atoms with van der Waals surface area (Å²) in [6.45, 7) is 5.54. The molecular formula is C16H23N3. The maximum Gasteiger partial charge on any atom is 0.0437 e. The predicted molar refractivity (Wildman–Crippen MR) is 83.3 cm³/mol. The van der Waals surface area contributed by atoms with Gasteiger partial charge in [-0.15, -0.1) is 0 Å². The summed E-state index contributed by atoms with van der Waals surface area (Å²) in [5, 5.41) is 5.67. The molecule has 19 heavy (non-hydrogen) atoms. The largest absolute Gasteiger partial charge is 0.398 e. The van der Waals surface area contributed by atoms with E-state index in [1.807, 2.05) is 24.4 Å². The lowest BCUT2D eigenvalue weighted by atomic mass is 10.1. The quantitative estimate of drug-likeness (QED) is 0.606. The molecule has 3 heteroatoms. The van der Waals surface area contributed by atoms with Gasteiger partial charge in [0.2, 0.25) is 0 Å². The Bertz CT molecular complexity index is 535. The van der Waals surface area contributed by atoms with Crippen LogP contribution in [0.4, 0.5) is 11.4 Å². The molecule has 3 N–H and O–H groups in total. The number of hydrogen-bond donors (Lipinski definition) is 2. The Labute approximate surface area is 115 Å². The molecule has 2 rings (SSSR count). The van der Waals surface area contributed by atoms with Crippen molar-refractivity contribution in [1.29, 1.82) is 0 Å². The number of rotatable bonds is 6. The van der Waals surface area contributed by atoms with E-state index in [1.165, 1.54) is 19.3 Å². The van der Waals surface area contributed by atoms with Gasteiger partial charge in [0.05, 0.1) is 0 Å². The number of anilines is 2. The number of nitrogens with one attached hydrogen (secondary N) is 1. The first-order valence-electron chi connectivity index (χ1n) is 7.04. The van der Waals surface area contributed by atoms with E-state index in [9.17, 15) is 0 Å². The minimum Gasteiger partial charge on any atom is -0.398 e. The molecule has 0 bridgehead atoms. The van der Waals surface area contributed by atoms with Crippen molar-refractivity contribution in [3.63, 3.8) is 0 Å². The van der Waals surface area contributed by atoms with E-state index in [4.69, 9.17) is 5.73 Å². The molecule has 1 heterocycles. The standard InChI is InChI=1S/C16H23N3/c1-12(2)5-3-4-9-19-16-7-6-15(17)13-8-10-18-11-14(13)16/h6-8,10-12,19H,3-5,9,17H2,1-2H3. The molecule has 2 aromatic rings. The summed E-state index contributed by atoms with van der Waals surface area (Å²) in [4.78, 5) is 4.19. The normalized spacial score (nSPS) is 11.1. The zero-order valence-corrected chi connectivity index (χ0v) is 11.8. The van der Waals surface area contributed by atoms with Crippen LogP contribution in [0.3, 0.4) is 0 Å². The van der Waals surface area contributed by atoms with E-state index in [0.717, 1.165) is 34.6 Å². The lowest BCUT2D eigenvalue weighted by Crippen LogP contribution is -2.03. The second kappa shape index (κ2) is 6.41. The summed E-state index contributed by atoms with van der Waals surface area (Å²) in [5.41, 5.74) is 7.91. The number of hydrogen-bond acceptors (Lipinski definition) is 3. The highest BCUT2D eigenvalue weighted by Crippen LogP contribution is 2.27. The van der Waals surface area contributed by atoms with Gasteiger partial charge < -0.3 is 11.1 Å². The maximum atomic E-state index is 5.98. The molecule has 1 aromatic heterocycles. The molecule has 1 aromatic carbocycles. The summed E-state index contributed by atoms with van der Waals surface area (Å²) >= 11 is 0. The highest BCUT2D eigenvalue weighted by atomic mass is 14.9. The minimum absolute atomic E-state index is 0.793. The smallest absolute Gasteiger partial charge is 0.0437 e. The summed E-state index contributed by atoms with van der Waals surface area (Å²) < 4.78 is 0. The van der Waals surface area contributed by atoms with Crippen LogP contribution >= 0.6 is 0 Å². The third-order valence-electron chi connectivity index (χ3n) is 3.38. The molecule has 0 amide bonds. The van der Waals surface area contributed by atoms with Crippen LogP contribution in [-0.4, -0.2) is 11.5 Å². The van der Waals surface area contributed by atoms with E-state index in [1.54, 1.807) is 6.20 Å². The SMILES string of the molecule is CC(C)CCCCNc1ccc(N)c2ccncc12. The summed E-state index contributed by atoms with van der Waals surface area (Å²) in [7, 11) is 0. The van der Waals surface area contributed by atoms with Gasteiger partial charge in [-0.1, -0.05) is 26.7 Å². The van der Waals surface area contributed by atoms with E-state index in [-0.39, 0.29) is 0 Å². The molecule has 0 fully saturated rings. The average molecular weight is 257 g/mol. The first kappa shape index (κ1) is 13.7. The van der Waals surface area contributed by atoms with Crippen molar-refractivity contribution in [2.45, 2.75) is 33.1 Å². The van der Waals surface area contributed by atoms with Gasteiger partial charge in [0.25, 0.3) is 0 Å². The van der Waals surface area contributed by atoms with Crippen LogP contribution in [-0.2, 0) is 0 Å². The molecule has 0 saturated carbocycles. The summed E-state index contributed by atoms with van der Waals surface area (Å²) in [6, 6.07) is 5.97. The summed E-state index contributed by atoms with van der Waals surface area (Å²) in [6.07, 6.45) is 7.43. The first-order chi connectivity index (χ1) is 9.18. The number of fused-ring (bicyclic) bond motifs is 1. The fourth-order valence-electron chi connectivity index (χ4n) is 2.27. The first-order valence-corrected chi connectivity index (χ1v) is 7.04. The van der Waals surface area contributed by atoms with Crippen molar-refractivity contribution in [1.82, 2.24) is 4.98 Å². The highest BCUT2D eigenvalue weighted by Gasteiger charge is 2.03. The maximum absolute atomic E-state index is 5.98. The molecule has 0 atom stereocenters. The Balaban J connectivity index is 1.99. The van der Waals surface area contributed by atoms with E-state index >= 15 is 0 Å². The van der Waals surface area contributed by atoms with Gasteiger partial charge in [-0.3, -0.25) is 4.98 Å². The molecule has 0 unspecified atom stereocenters. The highest BCUT2D eigenvalue weighted by molar-refractivity contribution is 6.00. The lowest BCUT2D eigenvalue weighted by Gasteiger charge is -2.11. The van der Waals surface area contributed by atoms with Crippen molar-refractivity contribution in [3.8, 4) is 0 Å². The molecule has 0 spiro atoms. The third-order valence-corrected chi connectivity index (χ3v) is 3.38. The fourth-order valence-corrected chi connectivity index (χ4v) is 2.27. The number of pyridine rings is 1. The Hall–Kier alpha value is -1.77. The Morgan fingerprint density at radius 2 is 2.00 bits per heavy atom. The van der Waals surface area contributed by atoms with Crippen molar-refractivity contribution in [2.24, 2.45) is 5.92 Å². The van der Waals surface area contributed by atoms with Crippen LogP contribution in [0.1, 0.15) is 33.1 Å².